The number of carbonyl (C=O) groups is 2. The molecule has 50 valence electrons. The molecule has 0 aromatic rings. The Balaban J connectivity index is 2.77. The van der Waals surface area contributed by atoms with Crippen LogP contribution < -0.4 is 0 Å². The number of aliphatic hydroxyl groups excluding tert-OH is 2. The van der Waals surface area contributed by atoms with Crippen LogP contribution in [0.25, 0.3) is 0 Å². The highest BCUT2D eigenvalue weighted by Gasteiger charge is 2.38. The first-order valence-electron chi connectivity index (χ1n) is 2.57. The minimum atomic E-state index is -1.29. The van der Waals surface area contributed by atoms with Crippen LogP contribution in [-0.4, -0.2) is 42.8 Å². The van der Waals surface area contributed by atoms with E-state index in [1.165, 1.54) is 0 Å². The fourth-order valence-corrected chi connectivity index (χ4v) is 2.01. The van der Waals surface area contributed by atoms with Gasteiger partial charge in [0.15, 0.2) is 0 Å². The van der Waals surface area contributed by atoms with Gasteiger partial charge in [-0.2, -0.15) is 0 Å². The van der Waals surface area contributed by atoms with Gasteiger partial charge >= 0.3 is 0 Å². The Morgan fingerprint density at radius 2 is 1.44 bits per heavy atom. The molecule has 0 aromatic carbocycles. The number of ketones is 2. The molecule has 2 atom stereocenters. The third-order valence-electron chi connectivity index (χ3n) is 1.29. The molecule has 1 aliphatic heterocycles. The molecule has 4 nitrogen and oxygen atoms in total. The van der Waals surface area contributed by atoms with Gasteiger partial charge < -0.3 is 10.2 Å². The minimum absolute atomic E-state index is 0.811. The van der Waals surface area contributed by atoms with Crippen molar-refractivity contribution in [1.82, 2.24) is 0 Å². The highest BCUT2D eigenvalue weighted by molar-refractivity contribution is 6.69. The van der Waals surface area contributed by atoms with Crippen molar-refractivity contribution in [3.63, 3.8) is 0 Å². The van der Waals surface area contributed by atoms with Crippen LogP contribution >= 0.6 is 0 Å². The number of carbonyl (C=O) groups excluding carboxylic acids is 2. The molecular formula is C4H6O4Si. The Hall–Kier alpha value is -0.523. The SMILES string of the molecule is O=C1C(=O)C(O)[SiH2]C1O. The molecule has 1 heterocycles. The highest BCUT2D eigenvalue weighted by Crippen LogP contribution is 2.02. The van der Waals surface area contributed by atoms with E-state index in [9.17, 15) is 9.59 Å². The largest absolute Gasteiger partial charge is 0.389 e. The van der Waals surface area contributed by atoms with Crippen molar-refractivity contribution < 1.29 is 19.8 Å². The van der Waals surface area contributed by atoms with Crippen LogP contribution in [0, 0.1) is 0 Å². The number of rotatable bonds is 0. The van der Waals surface area contributed by atoms with Gasteiger partial charge in [0, 0.05) is 0 Å². The first kappa shape index (κ1) is 6.59. The van der Waals surface area contributed by atoms with Crippen LogP contribution in [-0.2, 0) is 9.59 Å². The van der Waals surface area contributed by atoms with E-state index >= 15 is 0 Å². The molecule has 0 aliphatic carbocycles. The topological polar surface area (TPSA) is 74.6 Å². The van der Waals surface area contributed by atoms with Crippen molar-refractivity contribution in [2.75, 3.05) is 0 Å². The third kappa shape index (κ3) is 0.936. The molecule has 0 spiro atoms. The summed E-state index contributed by atoms with van der Waals surface area (Å²) in [5.74, 6) is -1.62. The van der Waals surface area contributed by atoms with Crippen LogP contribution in [0.5, 0.6) is 0 Å². The Morgan fingerprint density at radius 3 is 1.56 bits per heavy atom. The van der Waals surface area contributed by atoms with Gasteiger partial charge in [0.05, 0.1) is 0 Å². The van der Waals surface area contributed by atoms with Gasteiger partial charge in [-0.25, -0.2) is 0 Å². The molecule has 9 heavy (non-hydrogen) atoms. The summed E-state index contributed by atoms with van der Waals surface area (Å²) < 4.78 is 0. The first-order valence-corrected chi connectivity index (χ1v) is 4.20. The normalized spacial score (nSPS) is 38.4. The monoisotopic (exact) mass is 146 g/mol. The van der Waals surface area contributed by atoms with Gasteiger partial charge in [0.2, 0.25) is 11.6 Å². The summed E-state index contributed by atoms with van der Waals surface area (Å²) in [6.07, 6.45) is 0. The first-order chi connectivity index (χ1) is 4.13. The van der Waals surface area contributed by atoms with E-state index in [-0.39, 0.29) is 0 Å². The van der Waals surface area contributed by atoms with E-state index < -0.39 is 32.5 Å². The zero-order valence-electron chi connectivity index (χ0n) is 4.57. The minimum Gasteiger partial charge on any atom is -0.389 e. The van der Waals surface area contributed by atoms with E-state index in [2.05, 4.69) is 0 Å². The second-order valence-corrected chi connectivity index (χ2v) is 4.01. The molecule has 2 unspecified atom stereocenters. The quantitative estimate of drug-likeness (QED) is 0.281. The van der Waals surface area contributed by atoms with Gasteiger partial charge in [-0.05, 0) is 0 Å². The summed E-state index contributed by atoms with van der Waals surface area (Å²) >= 11 is 0. The fraction of sp³-hybridized carbons (Fsp3) is 0.500. The lowest BCUT2D eigenvalue weighted by atomic mass is 10.3. The molecule has 1 saturated heterocycles. The number of Topliss-reactive ketones (excluding diaryl/α,β-unsaturated/α-hetero) is 2. The molecule has 1 rings (SSSR count). The van der Waals surface area contributed by atoms with E-state index in [0.29, 0.717) is 0 Å². The molecule has 5 heteroatoms. The van der Waals surface area contributed by atoms with Gasteiger partial charge in [0.1, 0.15) is 21.0 Å². The van der Waals surface area contributed by atoms with Crippen LogP contribution in [0.15, 0.2) is 0 Å². The summed E-state index contributed by atoms with van der Waals surface area (Å²) in [5, 5.41) is 17.3. The number of hydrogen-bond donors (Lipinski definition) is 2. The molecule has 1 fully saturated rings. The second-order valence-electron chi connectivity index (χ2n) is 2.00. The van der Waals surface area contributed by atoms with Gasteiger partial charge in [0.25, 0.3) is 0 Å². The predicted octanol–water partition coefficient (Wildman–Crippen LogP) is -3.06. The van der Waals surface area contributed by atoms with Crippen molar-refractivity contribution in [3.05, 3.63) is 0 Å². The average molecular weight is 146 g/mol. The summed E-state index contributed by atoms with van der Waals surface area (Å²) in [5.41, 5.74) is -2.26. The van der Waals surface area contributed by atoms with E-state index in [1.807, 2.05) is 0 Å². The van der Waals surface area contributed by atoms with Crippen molar-refractivity contribution in [2.45, 2.75) is 11.5 Å². The van der Waals surface area contributed by atoms with Crippen molar-refractivity contribution in [2.24, 2.45) is 0 Å². The van der Waals surface area contributed by atoms with Crippen molar-refractivity contribution >= 4 is 21.1 Å². The summed E-state index contributed by atoms with van der Waals surface area (Å²) in [4.78, 5) is 20.8. The molecule has 0 aromatic heterocycles. The van der Waals surface area contributed by atoms with Crippen molar-refractivity contribution in [3.8, 4) is 0 Å². The highest BCUT2D eigenvalue weighted by atomic mass is 28.2. The maximum atomic E-state index is 10.4. The summed E-state index contributed by atoms with van der Waals surface area (Å²) in [6, 6.07) is 0. The smallest absolute Gasteiger partial charge is 0.225 e. The Kier molecular flexibility index (Phi) is 1.48. The van der Waals surface area contributed by atoms with Crippen LogP contribution in [0.4, 0.5) is 0 Å². The summed E-state index contributed by atoms with van der Waals surface area (Å²) in [7, 11) is -1.29. The second kappa shape index (κ2) is 2.01. The average Bonchev–Trinajstić information content (AvgIpc) is 1.98. The van der Waals surface area contributed by atoms with Crippen LogP contribution in [0.1, 0.15) is 0 Å². The number of hydrogen-bond acceptors (Lipinski definition) is 4. The fourth-order valence-electron chi connectivity index (χ4n) is 0.754. The third-order valence-corrected chi connectivity index (χ3v) is 2.93. The lowest BCUT2D eigenvalue weighted by molar-refractivity contribution is -0.139. The molecule has 0 amide bonds. The van der Waals surface area contributed by atoms with Gasteiger partial charge in [-0.15, -0.1) is 0 Å². The Bertz CT molecular complexity index is 148. The van der Waals surface area contributed by atoms with Gasteiger partial charge in [-0.3, -0.25) is 9.59 Å². The molecule has 1 aliphatic rings. The number of aliphatic hydroxyl groups is 2. The zero-order valence-corrected chi connectivity index (χ0v) is 5.99. The molecular weight excluding hydrogens is 140 g/mol. The molecule has 0 saturated carbocycles. The van der Waals surface area contributed by atoms with E-state index in [1.54, 1.807) is 0 Å². The van der Waals surface area contributed by atoms with E-state index in [0.717, 1.165) is 0 Å². The van der Waals surface area contributed by atoms with Crippen LogP contribution in [0.3, 0.4) is 0 Å². The molecule has 2 N–H and O–H groups in total. The maximum absolute atomic E-state index is 10.4. The summed E-state index contributed by atoms with van der Waals surface area (Å²) in [6.45, 7) is 0. The Morgan fingerprint density at radius 1 is 1.11 bits per heavy atom. The standard InChI is InChI=1S/C4H6O4Si/c5-1-2(6)4(8)9-3(1)7/h3-4,7-8H,9H2. The maximum Gasteiger partial charge on any atom is 0.225 e. The van der Waals surface area contributed by atoms with Crippen molar-refractivity contribution in [1.29, 1.82) is 0 Å². The Labute approximate surface area is 53.3 Å². The predicted molar refractivity (Wildman–Crippen MR) is 30.6 cm³/mol. The molecule has 0 bridgehead atoms. The molecule has 0 radical (unpaired) electrons. The van der Waals surface area contributed by atoms with E-state index in [4.69, 9.17) is 10.2 Å². The lowest BCUT2D eigenvalue weighted by Gasteiger charge is -1.90. The van der Waals surface area contributed by atoms with Gasteiger partial charge in [-0.1, -0.05) is 0 Å². The van der Waals surface area contributed by atoms with Crippen LogP contribution in [0.2, 0.25) is 0 Å². The lowest BCUT2D eigenvalue weighted by Crippen LogP contribution is -2.20. The zero-order chi connectivity index (χ0) is 7.02.